The first-order valence-electron chi connectivity index (χ1n) is 4.98. The van der Waals surface area contributed by atoms with Crippen LogP contribution in [0.4, 0.5) is 0 Å². The molecule has 1 aromatic heterocycles. The molecule has 0 spiro atoms. The molecule has 86 valence electrons. The van der Waals surface area contributed by atoms with Crippen LogP contribution in [0.25, 0.3) is 0 Å². The van der Waals surface area contributed by atoms with E-state index in [1.807, 2.05) is 19.2 Å². The number of methoxy groups -OCH3 is 1. The van der Waals surface area contributed by atoms with E-state index in [0.717, 1.165) is 0 Å². The van der Waals surface area contributed by atoms with Crippen molar-refractivity contribution in [3.05, 3.63) is 18.5 Å². The molecule has 0 aliphatic heterocycles. The topological polar surface area (TPSA) is 56.5 Å². The molecule has 0 saturated heterocycles. The molecule has 0 fully saturated rings. The van der Waals surface area contributed by atoms with Crippen LogP contribution in [0.3, 0.4) is 0 Å². The third-order valence-corrected chi connectivity index (χ3v) is 1.93. The number of rotatable bonds is 7. The molecule has 1 aromatic rings. The van der Waals surface area contributed by atoms with Gasteiger partial charge in [-0.25, -0.2) is 0 Å². The average Bonchev–Trinajstić information content (AvgIpc) is 2.68. The Balaban J connectivity index is 2.16. The van der Waals surface area contributed by atoms with Gasteiger partial charge in [-0.2, -0.15) is 5.10 Å². The van der Waals surface area contributed by atoms with Gasteiger partial charge in [-0.15, -0.1) is 0 Å². The normalized spacial score (nSPS) is 15.1. The lowest BCUT2D eigenvalue weighted by molar-refractivity contribution is -0.0364. The van der Waals surface area contributed by atoms with Gasteiger partial charge in [0, 0.05) is 19.5 Å². The monoisotopic (exact) mass is 214 g/mol. The molecule has 1 rings (SSSR count). The zero-order valence-electron chi connectivity index (χ0n) is 9.17. The smallest absolute Gasteiger partial charge is 0.0969 e. The molecule has 0 bridgehead atoms. The Bertz CT molecular complexity index is 251. The Hall–Kier alpha value is -0.910. The maximum absolute atomic E-state index is 9.61. The number of nitrogens with zero attached hydrogens (tertiary/aromatic N) is 2. The molecule has 15 heavy (non-hydrogen) atoms. The standard InChI is InChI=1S/C10H18N2O3/c1-9(7-14-2)15-8-10(13)6-12-5-3-4-11-12/h3-5,9-10,13H,6-8H2,1-2H3. The van der Waals surface area contributed by atoms with E-state index in [1.165, 1.54) is 0 Å². The third kappa shape index (κ3) is 4.92. The largest absolute Gasteiger partial charge is 0.389 e. The maximum Gasteiger partial charge on any atom is 0.0969 e. The van der Waals surface area contributed by atoms with Crippen LogP contribution in [-0.4, -0.2) is 47.4 Å². The lowest BCUT2D eigenvalue weighted by Gasteiger charge is -2.15. The van der Waals surface area contributed by atoms with Crippen molar-refractivity contribution in [3.8, 4) is 0 Å². The minimum absolute atomic E-state index is 0.00210. The Labute approximate surface area is 89.6 Å². The SMILES string of the molecule is COCC(C)OCC(O)Cn1cccn1. The first-order chi connectivity index (χ1) is 7.22. The zero-order valence-corrected chi connectivity index (χ0v) is 9.17. The van der Waals surface area contributed by atoms with Crippen LogP contribution in [0.15, 0.2) is 18.5 Å². The van der Waals surface area contributed by atoms with Crippen molar-refractivity contribution >= 4 is 0 Å². The van der Waals surface area contributed by atoms with Gasteiger partial charge >= 0.3 is 0 Å². The quantitative estimate of drug-likeness (QED) is 0.709. The fourth-order valence-electron chi connectivity index (χ4n) is 1.24. The summed E-state index contributed by atoms with van der Waals surface area (Å²) in [5.74, 6) is 0. The number of hydrogen-bond donors (Lipinski definition) is 1. The summed E-state index contributed by atoms with van der Waals surface area (Å²) >= 11 is 0. The molecule has 0 amide bonds. The van der Waals surface area contributed by atoms with Crippen LogP contribution in [0.2, 0.25) is 0 Å². The molecule has 0 aliphatic carbocycles. The van der Waals surface area contributed by atoms with E-state index in [9.17, 15) is 5.11 Å². The fourth-order valence-corrected chi connectivity index (χ4v) is 1.24. The highest BCUT2D eigenvalue weighted by Crippen LogP contribution is 1.96. The van der Waals surface area contributed by atoms with E-state index in [4.69, 9.17) is 9.47 Å². The fraction of sp³-hybridized carbons (Fsp3) is 0.700. The van der Waals surface area contributed by atoms with Gasteiger partial charge in [-0.1, -0.05) is 0 Å². The van der Waals surface area contributed by atoms with E-state index in [2.05, 4.69) is 5.10 Å². The Morgan fingerprint density at radius 1 is 1.47 bits per heavy atom. The second-order valence-electron chi connectivity index (χ2n) is 3.48. The first kappa shape index (κ1) is 12.2. The van der Waals surface area contributed by atoms with Crippen molar-refractivity contribution in [2.75, 3.05) is 20.3 Å². The van der Waals surface area contributed by atoms with Gasteiger partial charge in [0.25, 0.3) is 0 Å². The van der Waals surface area contributed by atoms with Crippen LogP contribution in [0.1, 0.15) is 6.92 Å². The first-order valence-corrected chi connectivity index (χ1v) is 4.98. The van der Waals surface area contributed by atoms with Gasteiger partial charge in [0.15, 0.2) is 0 Å². The zero-order chi connectivity index (χ0) is 11.1. The van der Waals surface area contributed by atoms with Crippen molar-refractivity contribution in [2.45, 2.75) is 25.7 Å². The Morgan fingerprint density at radius 3 is 2.87 bits per heavy atom. The average molecular weight is 214 g/mol. The van der Waals surface area contributed by atoms with Crippen molar-refractivity contribution in [1.29, 1.82) is 0 Å². The van der Waals surface area contributed by atoms with E-state index in [-0.39, 0.29) is 6.10 Å². The number of aromatic nitrogens is 2. The van der Waals surface area contributed by atoms with Crippen LogP contribution in [0, 0.1) is 0 Å². The van der Waals surface area contributed by atoms with E-state index in [1.54, 1.807) is 18.0 Å². The lowest BCUT2D eigenvalue weighted by Crippen LogP contribution is -2.26. The lowest BCUT2D eigenvalue weighted by atomic mass is 10.3. The number of ether oxygens (including phenoxy) is 2. The summed E-state index contributed by atoms with van der Waals surface area (Å²) in [5.41, 5.74) is 0. The summed E-state index contributed by atoms with van der Waals surface area (Å²) in [6.07, 6.45) is 2.95. The maximum atomic E-state index is 9.61. The molecule has 5 nitrogen and oxygen atoms in total. The third-order valence-electron chi connectivity index (χ3n) is 1.93. The van der Waals surface area contributed by atoms with Crippen LogP contribution in [0.5, 0.6) is 0 Å². The van der Waals surface area contributed by atoms with Gasteiger partial charge in [0.05, 0.1) is 32.0 Å². The predicted molar refractivity (Wildman–Crippen MR) is 55.5 cm³/mol. The summed E-state index contributed by atoms with van der Waals surface area (Å²) in [4.78, 5) is 0. The minimum atomic E-state index is -0.538. The van der Waals surface area contributed by atoms with Gasteiger partial charge in [0.1, 0.15) is 0 Å². The van der Waals surface area contributed by atoms with Crippen LogP contribution >= 0.6 is 0 Å². The van der Waals surface area contributed by atoms with E-state index < -0.39 is 6.10 Å². The van der Waals surface area contributed by atoms with E-state index >= 15 is 0 Å². The van der Waals surface area contributed by atoms with E-state index in [0.29, 0.717) is 19.8 Å². The molecule has 0 saturated carbocycles. The second-order valence-corrected chi connectivity index (χ2v) is 3.48. The van der Waals surface area contributed by atoms with Crippen LogP contribution in [-0.2, 0) is 16.0 Å². The molecule has 0 aromatic carbocycles. The number of aliphatic hydroxyl groups is 1. The summed E-state index contributed by atoms with van der Waals surface area (Å²) < 4.78 is 12.0. The van der Waals surface area contributed by atoms with Gasteiger partial charge in [-0.05, 0) is 13.0 Å². The second kappa shape index (κ2) is 6.55. The van der Waals surface area contributed by atoms with Gasteiger partial charge < -0.3 is 14.6 Å². The Kier molecular flexibility index (Phi) is 5.31. The summed E-state index contributed by atoms with van der Waals surface area (Å²) in [6, 6.07) is 1.82. The molecular formula is C10H18N2O3. The summed E-state index contributed by atoms with van der Waals surface area (Å²) in [7, 11) is 1.63. The van der Waals surface area contributed by atoms with Crippen LogP contribution < -0.4 is 0 Å². The molecule has 2 unspecified atom stereocenters. The van der Waals surface area contributed by atoms with Crippen molar-refractivity contribution in [3.63, 3.8) is 0 Å². The minimum Gasteiger partial charge on any atom is -0.389 e. The highest BCUT2D eigenvalue weighted by molar-refractivity contribution is 4.78. The molecular weight excluding hydrogens is 196 g/mol. The predicted octanol–water partition coefficient (Wildman–Crippen LogP) is 0.295. The molecule has 0 aliphatic rings. The molecule has 0 radical (unpaired) electrons. The molecule has 1 heterocycles. The Morgan fingerprint density at radius 2 is 2.27 bits per heavy atom. The molecule has 1 N–H and O–H groups in total. The highest BCUT2D eigenvalue weighted by Gasteiger charge is 2.08. The van der Waals surface area contributed by atoms with Crippen molar-refractivity contribution in [1.82, 2.24) is 9.78 Å². The summed E-state index contributed by atoms with van der Waals surface area (Å²) in [5, 5.41) is 13.6. The van der Waals surface area contributed by atoms with Gasteiger partial charge in [-0.3, -0.25) is 4.68 Å². The van der Waals surface area contributed by atoms with Crippen molar-refractivity contribution in [2.24, 2.45) is 0 Å². The molecule has 2 atom stereocenters. The highest BCUT2D eigenvalue weighted by atomic mass is 16.5. The van der Waals surface area contributed by atoms with Crippen molar-refractivity contribution < 1.29 is 14.6 Å². The summed E-state index contributed by atoms with van der Waals surface area (Å²) in [6.45, 7) is 3.19. The number of hydrogen-bond acceptors (Lipinski definition) is 4. The number of aliphatic hydroxyl groups excluding tert-OH is 1. The van der Waals surface area contributed by atoms with Gasteiger partial charge in [0.2, 0.25) is 0 Å². The molecule has 5 heteroatoms.